The molecule has 7 heteroatoms. The minimum atomic E-state index is -3.08. The highest BCUT2D eigenvalue weighted by atomic mass is 32.2. The number of nitrogens with zero attached hydrogens (tertiary/aromatic N) is 2. The van der Waals surface area contributed by atoms with Crippen LogP contribution in [0.5, 0.6) is 0 Å². The second kappa shape index (κ2) is 5.40. The maximum atomic E-state index is 12.3. The minimum Gasteiger partial charge on any atom is -0.348 e. The van der Waals surface area contributed by atoms with Gasteiger partial charge < -0.3 is 9.47 Å². The number of aromatic nitrogens is 1. The Balaban J connectivity index is 2.18. The molecule has 0 radical (unpaired) electrons. The summed E-state index contributed by atoms with van der Waals surface area (Å²) in [5, 5.41) is 0. The van der Waals surface area contributed by atoms with Crippen LogP contribution in [0.15, 0.2) is 18.3 Å². The third-order valence-corrected chi connectivity index (χ3v) is 5.37. The fourth-order valence-electron chi connectivity index (χ4n) is 2.53. The minimum absolute atomic E-state index is 0.0486. The van der Waals surface area contributed by atoms with Crippen molar-refractivity contribution in [2.24, 2.45) is 7.05 Å². The third kappa shape index (κ3) is 2.77. The summed E-state index contributed by atoms with van der Waals surface area (Å²) in [6.07, 6.45) is 2.10. The number of ketones is 1. The zero-order chi connectivity index (χ0) is 14.9. The van der Waals surface area contributed by atoms with Crippen LogP contribution in [0.1, 0.15) is 23.8 Å². The van der Waals surface area contributed by atoms with Crippen molar-refractivity contribution in [3.05, 3.63) is 24.0 Å². The number of Topliss-reactive ketones (excluding diaryl/α,β-unsaturated/α-hetero) is 1. The summed E-state index contributed by atoms with van der Waals surface area (Å²) in [6.45, 7) is 2.08. The fourth-order valence-corrected chi connectivity index (χ4v) is 4.26. The molecule has 6 nitrogen and oxygen atoms in total. The van der Waals surface area contributed by atoms with Crippen molar-refractivity contribution >= 4 is 21.5 Å². The zero-order valence-electron chi connectivity index (χ0n) is 11.6. The maximum absolute atomic E-state index is 12.3. The Morgan fingerprint density at radius 3 is 2.60 bits per heavy atom. The van der Waals surface area contributed by atoms with Gasteiger partial charge in [0.15, 0.2) is 9.84 Å². The van der Waals surface area contributed by atoms with E-state index in [1.54, 1.807) is 36.9 Å². The molecule has 1 atom stereocenters. The molecular formula is C13H18N2O4S. The zero-order valence-corrected chi connectivity index (χ0v) is 12.4. The summed E-state index contributed by atoms with van der Waals surface area (Å²) in [6, 6.07) is 2.89. The highest BCUT2D eigenvalue weighted by Crippen LogP contribution is 2.18. The van der Waals surface area contributed by atoms with Gasteiger partial charge in [-0.3, -0.25) is 9.59 Å². The predicted octanol–water partition coefficient (Wildman–Crippen LogP) is 0.243. The molecule has 0 saturated carbocycles. The van der Waals surface area contributed by atoms with Crippen molar-refractivity contribution in [3.63, 3.8) is 0 Å². The van der Waals surface area contributed by atoms with E-state index in [9.17, 15) is 18.0 Å². The first-order chi connectivity index (χ1) is 9.35. The van der Waals surface area contributed by atoms with Crippen molar-refractivity contribution in [3.8, 4) is 0 Å². The number of amides is 1. The van der Waals surface area contributed by atoms with E-state index in [0.29, 0.717) is 18.7 Å². The van der Waals surface area contributed by atoms with E-state index in [1.807, 2.05) is 0 Å². The molecule has 1 aliphatic rings. The van der Waals surface area contributed by atoms with Crippen LogP contribution in [-0.2, 0) is 21.7 Å². The molecular weight excluding hydrogens is 280 g/mol. The summed E-state index contributed by atoms with van der Waals surface area (Å²) < 4.78 is 24.6. The maximum Gasteiger partial charge on any atom is 0.296 e. The second-order valence-electron chi connectivity index (χ2n) is 4.98. The monoisotopic (exact) mass is 298 g/mol. The molecule has 1 fully saturated rings. The topological polar surface area (TPSA) is 76.5 Å². The molecule has 20 heavy (non-hydrogen) atoms. The number of hydrogen-bond donors (Lipinski definition) is 0. The van der Waals surface area contributed by atoms with Gasteiger partial charge in [0, 0.05) is 25.8 Å². The van der Waals surface area contributed by atoms with E-state index in [1.165, 1.54) is 4.90 Å². The number of likely N-dealkylation sites (N-methyl/N-ethyl adjacent to an activating group) is 1. The van der Waals surface area contributed by atoms with Crippen LogP contribution in [-0.4, -0.2) is 53.7 Å². The van der Waals surface area contributed by atoms with Crippen molar-refractivity contribution in [2.75, 3.05) is 18.1 Å². The van der Waals surface area contributed by atoms with Crippen LogP contribution in [0.25, 0.3) is 0 Å². The Kier molecular flexibility index (Phi) is 3.99. The molecule has 0 aliphatic carbocycles. The summed E-state index contributed by atoms with van der Waals surface area (Å²) in [5.74, 6) is -1.19. The molecule has 0 bridgehead atoms. The van der Waals surface area contributed by atoms with Crippen LogP contribution >= 0.6 is 0 Å². The molecule has 1 aliphatic heterocycles. The number of rotatable bonds is 4. The molecule has 0 spiro atoms. The van der Waals surface area contributed by atoms with Gasteiger partial charge in [-0.25, -0.2) is 8.42 Å². The van der Waals surface area contributed by atoms with Crippen molar-refractivity contribution in [1.29, 1.82) is 0 Å². The quantitative estimate of drug-likeness (QED) is 0.589. The molecule has 1 unspecified atom stereocenters. The number of aryl methyl sites for hydroxylation is 1. The van der Waals surface area contributed by atoms with Crippen LogP contribution in [0.2, 0.25) is 0 Å². The van der Waals surface area contributed by atoms with Gasteiger partial charge in [-0.05, 0) is 25.5 Å². The lowest BCUT2D eigenvalue weighted by Crippen LogP contribution is -2.44. The van der Waals surface area contributed by atoms with E-state index in [0.717, 1.165) is 0 Å². The Morgan fingerprint density at radius 1 is 1.45 bits per heavy atom. The van der Waals surface area contributed by atoms with Gasteiger partial charge in [-0.15, -0.1) is 0 Å². The number of carbonyl (C=O) groups excluding carboxylic acids is 2. The lowest BCUT2D eigenvalue weighted by molar-refractivity contribution is -0.128. The smallest absolute Gasteiger partial charge is 0.296 e. The van der Waals surface area contributed by atoms with E-state index < -0.39 is 21.5 Å². The molecule has 1 aromatic rings. The largest absolute Gasteiger partial charge is 0.348 e. The SMILES string of the molecule is CCN(C(=O)C(=O)c1cccn1C)C1CCS(=O)(=O)C1. The first kappa shape index (κ1) is 14.8. The van der Waals surface area contributed by atoms with E-state index in [-0.39, 0.29) is 17.5 Å². The summed E-state index contributed by atoms with van der Waals surface area (Å²) in [7, 11) is -1.39. The highest BCUT2D eigenvalue weighted by Gasteiger charge is 2.36. The van der Waals surface area contributed by atoms with Gasteiger partial charge in [0.2, 0.25) is 0 Å². The molecule has 0 aromatic carbocycles. The van der Waals surface area contributed by atoms with Crippen molar-refractivity contribution < 1.29 is 18.0 Å². The Bertz CT molecular complexity index is 633. The second-order valence-corrected chi connectivity index (χ2v) is 7.21. The normalized spacial score (nSPS) is 20.8. The van der Waals surface area contributed by atoms with Gasteiger partial charge in [0.05, 0.1) is 17.2 Å². The highest BCUT2D eigenvalue weighted by molar-refractivity contribution is 7.91. The van der Waals surface area contributed by atoms with Crippen LogP contribution in [0.4, 0.5) is 0 Å². The van der Waals surface area contributed by atoms with Crippen LogP contribution < -0.4 is 0 Å². The summed E-state index contributed by atoms with van der Waals surface area (Å²) >= 11 is 0. The Morgan fingerprint density at radius 2 is 2.15 bits per heavy atom. The number of hydrogen-bond acceptors (Lipinski definition) is 4. The third-order valence-electron chi connectivity index (χ3n) is 3.62. The van der Waals surface area contributed by atoms with Crippen LogP contribution in [0.3, 0.4) is 0 Å². The van der Waals surface area contributed by atoms with Gasteiger partial charge in [-0.2, -0.15) is 0 Å². The van der Waals surface area contributed by atoms with E-state index >= 15 is 0 Å². The van der Waals surface area contributed by atoms with Crippen molar-refractivity contribution in [1.82, 2.24) is 9.47 Å². The van der Waals surface area contributed by atoms with E-state index in [2.05, 4.69) is 0 Å². The first-order valence-electron chi connectivity index (χ1n) is 6.52. The average Bonchev–Trinajstić information content (AvgIpc) is 2.95. The Labute approximate surface area is 118 Å². The van der Waals surface area contributed by atoms with E-state index in [4.69, 9.17) is 0 Å². The summed E-state index contributed by atoms with van der Waals surface area (Å²) in [5.41, 5.74) is 0.314. The lowest BCUT2D eigenvalue weighted by Gasteiger charge is -2.26. The molecule has 0 N–H and O–H groups in total. The van der Waals surface area contributed by atoms with Gasteiger partial charge >= 0.3 is 0 Å². The molecule has 2 heterocycles. The van der Waals surface area contributed by atoms with Gasteiger partial charge in [0.25, 0.3) is 11.7 Å². The lowest BCUT2D eigenvalue weighted by atomic mass is 10.1. The molecule has 1 aromatic heterocycles. The number of carbonyl (C=O) groups is 2. The number of sulfone groups is 1. The van der Waals surface area contributed by atoms with Gasteiger partial charge in [0.1, 0.15) is 0 Å². The molecule has 1 amide bonds. The molecule has 110 valence electrons. The van der Waals surface area contributed by atoms with Crippen molar-refractivity contribution in [2.45, 2.75) is 19.4 Å². The predicted molar refractivity (Wildman–Crippen MR) is 74.2 cm³/mol. The van der Waals surface area contributed by atoms with Crippen LogP contribution in [0, 0.1) is 0 Å². The average molecular weight is 298 g/mol. The van der Waals surface area contributed by atoms with Gasteiger partial charge in [-0.1, -0.05) is 0 Å². The Hall–Kier alpha value is -1.63. The summed E-state index contributed by atoms with van der Waals surface area (Å²) in [4.78, 5) is 25.8. The molecule has 2 rings (SSSR count). The standard InChI is InChI=1S/C13H18N2O4S/c1-3-15(10-6-8-20(18,19)9-10)13(17)12(16)11-5-4-7-14(11)2/h4-5,7,10H,3,6,8-9H2,1-2H3. The molecule has 1 saturated heterocycles. The fraction of sp³-hybridized carbons (Fsp3) is 0.538. The first-order valence-corrected chi connectivity index (χ1v) is 8.35.